The largest absolute Gasteiger partial charge is 0.349 e. The van der Waals surface area contributed by atoms with Gasteiger partial charge >= 0.3 is 0 Å². The van der Waals surface area contributed by atoms with Crippen molar-refractivity contribution in [2.45, 2.75) is 51.0 Å². The predicted octanol–water partition coefficient (Wildman–Crippen LogP) is 6.77. The van der Waals surface area contributed by atoms with Crippen LogP contribution in [0.2, 0.25) is 0 Å². The molecule has 2 aliphatic rings. The fourth-order valence-corrected chi connectivity index (χ4v) is 5.94. The Morgan fingerprint density at radius 2 is 1.34 bits per heavy atom. The first-order chi connectivity index (χ1) is 18.5. The summed E-state index contributed by atoms with van der Waals surface area (Å²) in [5.41, 5.74) is 3.61. The monoisotopic (exact) mass is 512 g/mol. The summed E-state index contributed by atoms with van der Waals surface area (Å²) in [7, 11) is 0. The van der Waals surface area contributed by atoms with E-state index in [9.17, 15) is 14.0 Å². The topological polar surface area (TPSA) is 49.4 Å². The summed E-state index contributed by atoms with van der Waals surface area (Å²) >= 11 is 0. The quantitative estimate of drug-likeness (QED) is 0.339. The SMILES string of the molecule is O=C(NC1CCC(CCN2CCC(C(=O)c3ccc(F)cc3)CC2)CC1)c1ccc(-c2ccccc2)cc1. The first-order valence-electron chi connectivity index (χ1n) is 14.0. The second-order valence-corrected chi connectivity index (χ2v) is 10.9. The number of likely N-dealkylation sites (tertiary alicyclic amines) is 1. The van der Waals surface area contributed by atoms with Gasteiger partial charge in [-0.25, -0.2) is 4.39 Å². The number of hydrogen-bond donors (Lipinski definition) is 1. The Labute approximate surface area is 225 Å². The first kappa shape index (κ1) is 26.3. The molecule has 0 bridgehead atoms. The lowest BCUT2D eigenvalue weighted by Gasteiger charge is -2.34. The van der Waals surface area contributed by atoms with Gasteiger partial charge in [0.25, 0.3) is 5.91 Å². The zero-order valence-electron chi connectivity index (χ0n) is 22.0. The lowest BCUT2D eigenvalue weighted by Crippen LogP contribution is -2.39. The van der Waals surface area contributed by atoms with Gasteiger partial charge in [0.05, 0.1) is 0 Å². The van der Waals surface area contributed by atoms with E-state index in [1.165, 1.54) is 18.6 Å². The molecule has 4 nitrogen and oxygen atoms in total. The number of carbonyl (C=O) groups excluding carboxylic acids is 2. The van der Waals surface area contributed by atoms with Crippen LogP contribution in [0.4, 0.5) is 4.39 Å². The molecule has 1 saturated carbocycles. The number of hydrogen-bond acceptors (Lipinski definition) is 3. The average Bonchev–Trinajstić information content (AvgIpc) is 2.97. The normalized spacial score (nSPS) is 20.7. The van der Waals surface area contributed by atoms with Crippen molar-refractivity contribution in [3.8, 4) is 11.1 Å². The fraction of sp³-hybridized carbons (Fsp3) is 0.394. The molecular formula is C33H37FN2O2. The smallest absolute Gasteiger partial charge is 0.251 e. The molecule has 0 atom stereocenters. The molecule has 5 heteroatoms. The van der Waals surface area contributed by atoms with E-state index in [1.54, 1.807) is 12.1 Å². The van der Waals surface area contributed by atoms with Crippen molar-refractivity contribution >= 4 is 11.7 Å². The van der Waals surface area contributed by atoms with Crippen LogP contribution in [0.15, 0.2) is 78.9 Å². The van der Waals surface area contributed by atoms with Gasteiger partial charge in [0.1, 0.15) is 5.82 Å². The molecule has 0 unspecified atom stereocenters. The molecule has 3 aromatic carbocycles. The zero-order chi connectivity index (χ0) is 26.3. The highest BCUT2D eigenvalue weighted by atomic mass is 19.1. The van der Waals surface area contributed by atoms with Crippen LogP contribution in [0.5, 0.6) is 0 Å². The maximum atomic E-state index is 13.2. The van der Waals surface area contributed by atoms with E-state index in [-0.39, 0.29) is 29.5 Å². The molecule has 198 valence electrons. The molecule has 2 fully saturated rings. The number of ketones is 1. The number of piperidine rings is 1. The van der Waals surface area contributed by atoms with Crippen LogP contribution in [0, 0.1) is 17.7 Å². The molecule has 5 rings (SSSR count). The van der Waals surface area contributed by atoms with Crippen LogP contribution in [0.3, 0.4) is 0 Å². The first-order valence-corrected chi connectivity index (χ1v) is 14.0. The Morgan fingerprint density at radius 1 is 0.737 bits per heavy atom. The molecule has 1 heterocycles. The van der Waals surface area contributed by atoms with Gasteiger partial charge in [-0.2, -0.15) is 0 Å². The number of benzene rings is 3. The Bertz CT molecular complexity index is 1190. The Hall–Kier alpha value is -3.31. The van der Waals surface area contributed by atoms with Crippen molar-refractivity contribution < 1.29 is 14.0 Å². The van der Waals surface area contributed by atoms with Crippen molar-refractivity contribution in [2.24, 2.45) is 11.8 Å². The van der Waals surface area contributed by atoms with Gasteiger partial charge in [-0.1, -0.05) is 42.5 Å². The molecule has 38 heavy (non-hydrogen) atoms. The molecular weight excluding hydrogens is 475 g/mol. The minimum absolute atomic E-state index is 0.0196. The lowest BCUT2D eigenvalue weighted by molar-refractivity contribution is 0.0832. The van der Waals surface area contributed by atoms with Crippen LogP contribution in [0.25, 0.3) is 11.1 Å². The van der Waals surface area contributed by atoms with Gasteiger partial charge in [-0.3, -0.25) is 9.59 Å². The summed E-state index contributed by atoms with van der Waals surface area (Å²) in [5, 5.41) is 3.25. The fourth-order valence-electron chi connectivity index (χ4n) is 5.94. The number of halogens is 1. The lowest BCUT2D eigenvalue weighted by atomic mass is 9.83. The van der Waals surface area contributed by atoms with Gasteiger partial charge in [-0.05, 0) is 118 Å². The number of nitrogens with one attached hydrogen (secondary N) is 1. The van der Waals surface area contributed by atoms with E-state index in [0.29, 0.717) is 17.0 Å². The van der Waals surface area contributed by atoms with Crippen molar-refractivity contribution in [2.75, 3.05) is 19.6 Å². The van der Waals surface area contributed by atoms with E-state index < -0.39 is 0 Å². The molecule has 0 spiro atoms. The molecule has 1 amide bonds. The van der Waals surface area contributed by atoms with E-state index >= 15 is 0 Å². The van der Waals surface area contributed by atoms with Gasteiger partial charge in [0, 0.05) is 23.1 Å². The molecule has 1 N–H and O–H groups in total. The Balaban J connectivity index is 1.00. The number of rotatable bonds is 8. The van der Waals surface area contributed by atoms with Gasteiger partial charge in [-0.15, -0.1) is 0 Å². The predicted molar refractivity (Wildman–Crippen MR) is 150 cm³/mol. The van der Waals surface area contributed by atoms with Crippen molar-refractivity contribution in [1.82, 2.24) is 10.2 Å². The van der Waals surface area contributed by atoms with Crippen LogP contribution in [0.1, 0.15) is 65.7 Å². The third-order valence-corrected chi connectivity index (χ3v) is 8.38. The van der Waals surface area contributed by atoms with Crippen molar-refractivity contribution in [3.63, 3.8) is 0 Å². The molecule has 3 aromatic rings. The van der Waals surface area contributed by atoms with E-state index in [2.05, 4.69) is 22.3 Å². The summed E-state index contributed by atoms with van der Waals surface area (Å²) in [5.74, 6) is 0.613. The number of Topliss-reactive ketones (excluding diaryl/α,β-unsaturated/α-hetero) is 1. The van der Waals surface area contributed by atoms with Crippen LogP contribution in [-0.4, -0.2) is 42.3 Å². The maximum Gasteiger partial charge on any atom is 0.251 e. The number of amides is 1. The average molecular weight is 513 g/mol. The molecule has 1 aliphatic heterocycles. The van der Waals surface area contributed by atoms with Crippen LogP contribution in [-0.2, 0) is 0 Å². The van der Waals surface area contributed by atoms with E-state index in [0.717, 1.165) is 69.3 Å². The highest BCUT2D eigenvalue weighted by molar-refractivity contribution is 5.98. The zero-order valence-corrected chi connectivity index (χ0v) is 22.0. The second-order valence-electron chi connectivity index (χ2n) is 10.9. The maximum absolute atomic E-state index is 13.2. The Kier molecular flexibility index (Phi) is 8.65. The van der Waals surface area contributed by atoms with Crippen molar-refractivity contribution in [3.05, 3.63) is 95.8 Å². The number of carbonyl (C=O) groups is 2. The minimum atomic E-state index is -0.304. The highest BCUT2D eigenvalue weighted by Gasteiger charge is 2.27. The van der Waals surface area contributed by atoms with Crippen LogP contribution < -0.4 is 5.32 Å². The molecule has 1 aliphatic carbocycles. The third kappa shape index (κ3) is 6.76. The summed E-state index contributed by atoms with van der Waals surface area (Å²) in [4.78, 5) is 28.0. The highest BCUT2D eigenvalue weighted by Crippen LogP contribution is 2.29. The van der Waals surface area contributed by atoms with Gasteiger partial charge in [0.2, 0.25) is 0 Å². The van der Waals surface area contributed by atoms with E-state index in [4.69, 9.17) is 0 Å². The Morgan fingerprint density at radius 3 is 2.00 bits per heavy atom. The summed E-state index contributed by atoms with van der Waals surface area (Å²) in [6.45, 7) is 2.98. The van der Waals surface area contributed by atoms with Crippen LogP contribution >= 0.6 is 0 Å². The third-order valence-electron chi connectivity index (χ3n) is 8.38. The molecule has 1 saturated heterocycles. The number of nitrogens with zero attached hydrogens (tertiary/aromatic N) is 1. The minimum Gasteiger partial charge on any atom is -0.349 e. The molecule has 0 aromatic heterocycles. The van der Waals surface area contributed by atoms with E-state index in [1.807, 2.05) is 42.5 Å². The van der Waals surface area contributed by atoms with Gasteiger partial charge < -0.3 is 10.2 Å². The second kappa shape index (κ2) is 12.5. The summed E-state index contributed by atoms with van der Waals surface area (Å²) in [6.07, 6.45) is 7.30. The van der Waals surface area contributed by atoms with Gasteiger partial charge in [0.15, 0.2) is 5.78 Å². The molecule has 0 radical (unpaired) electrons. The van der Waals surface area contributed by atoms with Crippen molar-refractivity contribution in [1.29, 1.82) is 0 Å². The standard InChI is InChI=1S/C33H37FN2O2/c34-30-14-12-27(13-15-30)32(37)28-19-22-36(23-20-28)21-18-24-6-16-31(17-7-24)35-33(38)29-10-8-26(9-11-29)25-4-2-1-3-5-25/h1-5,8-15,24,28,31H,6-7,16-23H2,(H,35,38). The summed E-state index contributed by atoms with van der Waals surface area (Å²) < 4.78 is 13.2. The summed E-state index contributed by atoms with van der Waals surface area (Å²) in [6, 6.07) is 24.3.